The van der Waals surface area contributed by atoms with Crippen LogP contribution in [0.25, 0.3) is 0 Å². The van der Waals surface area contributed by atoms with E-state index in [4.69, 9.17) is 0 Å². The summed E-state index contributed by atoms with van der Waals surface area (Å²) in [5.41, 5.74) is 0.498. The van der Waals surface area contributed by atoms with Gasteiger partial charge in [0, 0.05) is 28.8 Å². The van der Waals surface area contributed by atoms with Gasteiger partial charge in [0.05, 0.1) is 0 Å². The van der Waals surface area contributed by atoms with E-state index < -0.39 is 17.7 Å². The maximum absolute atomic E-state index is 13.6. The van der Waals surface area contributed by atoms with Crippen LogP contribution in [0.2, 0.25) is 0 Å². The van der Waals surface area contributed by atoms with Crippen molar-refractivity contribution >= 4 is 21.8 Å². The number of carbonyl (C=O) groups excluding carboxylic acids is 1. The van der Waals surface area contributed by atoms with Crippen molar-refractivity contribution in [2.24, 2.45) is 0 Å². The second kappa shape index (κ2) is 7.05. The van der Waals surface area contributed by atoms with Crippen LogP contribution in [0, 0.1) is 11.6 Å². The number of hydrogen-bond donors (Lipinski definition) is 1. The second-order valence-corrected chi connectivity index (χ2v) is 6.02. The van der Waals surface area contributed by atoms with Crippen molar-refractivity contribution in [1.29, 1.82) is 0 Å². The highest BCUT2D eigenvalue weighted by atomic mass is 79.9. The minimum Gasteiger partial charge on any atom is -0.348 e. The fourth-order valence-electron chi connectivity index (χ4n) is 2.31. The Morgan fingerprint density at radius 2 is 2.00 bits per heavy atom. The topological polar surface area (TPSA) is 34.0 Å². The van der Waals surface area contributed by atoms with Gasteiger partial charge in [0.1, 0.15) is 17.3 Å². The first kappa shape index (κ1) is 16.7. The Morgan fingerprint density at radius 3 is 2.59 bits per heavy atom. The van der Waals surface area contributed by atoms with Gasteiger partial charge in [0.25, 0.3) is 5.91 Å². The van der Waals surface area contributed by atoms with Gasteiger partial charge in [-0.2, -0.15) is 0 Å². The molecule has 1 unspecified atom stereocenters. The predicted molar refractivity (Wildman–Crippen MR) is 84.8 cm³/mol. The summed E-state index contributed by atoms with van der Waals surface area (Å²) in [6.07, 6.45) is 1.91. The summed E-state index contributed by atoms with van der Waals surface area (Å²) in [4.78, 5) is 12.3. The zero-order valence-electron chi connectivity index (χ0n) is 12.4. The largest absolute Gasteiger partial charge is 0.348 e. The Kier molecular flexibility index (Phi) is 5.34. The van der Waals surface area contributed by atoms with Gasteiger partial charge < -0.3 is 9.88 Å². The molecule has 0 fully saturated rings. The highest BCUT2D eigenvalue weighted by molar-refractivity contribution is 9.10. The van der Waals surface area contributed by atoms with E-state index in [2.05, 4.69) is 21.2 Å². The van der Waals surface area contributed by atoms with E-state index in [1.807, 2.05) is 13.1 Å². The number of benzene rings is 1. The van der Waals surface area contributed by atoms with Crippen LogP contribution < -0.4 is 5.32 Å². The standard InChI is InChI=1S/C16H17BrF2N2O/c1-3-21-9-11(17)8-15(21)16(22)20-10(2)7-12-13(18)5-4-6-14(12)19/h4-6,8-10H,3,7H2,1-2H3,(H,20,22). The van der Waals surface area contributed by atoms with E-state index in [0.29, 0.717) is 12.2 Å². The van der Waals surface area contributed by atoms with Crippen molar-refractivity contribution in [3.8, 4) is 0 Å². The molecule has 0 spiro atoms. The molecule has 1 N–H and O–H groups in total. The first-order valence-electron chi connectivity index (χ1n) is 7.01. The second-order valence-electron chi connectivity index (χ2n) is 5.11. The van der Waals surface area contributed by atoms with Crippen molar-refractivity contribution < 1.29 is 13.6 Å². The molecule has 3 nitrogen and oxygen atoms in total. The van der Waals surface area contributed by atoms with Gasteiger partial charge in [-0.15, -0.1) is 0 Å². The van der Waals surface area contributed by atoms with Crippen LogP contribution in [0.1, 0.15) is 29.9 Å². The van der Waals surface area contributed by atoms with Gasteiger partial charge in [-0.05, 0) is 54.4 Å². The molecule has 0 radical (unpaired) electrons. The third-order valence-electron chi connectivity index (χ3n) is 3.39. The van der Waals surface area contributed by atoms with Crippen molar-refractivity contribution in [2.45, 2.75) is 32.9 Å². The Balaban J connectivity index is 2.08. The molecular formula is C16H17BrF2N2O. The SMILES string of the molecule is CCn1cc(Br)cc1C(=O)NC(C)Cc1c(F)cccc1F. The fraction of sp³-hybridized carbons (Fsp3) is 0.312. The van der Waals surface area contributed by atoms with E-state index in [9.17, 15) is 13.6 Å². The van der Waals surface area contributed by atoms with Gasteiger partial charge in [-0.25, -0.2) is 8.78 Å². The Morgan fingerprint density at radius 1 is 1.36 bits per heavy atom. The van der Waals surface area contributed by atoms with Crippen LogP contribution in [0.5, 0.6) is 0 Å². The highest BCUT2D eigenvalue weighted by Gasteiger charge is 2.17. The Hall–Kier alpha value is -1.69. The third-order valence-corrected chi connectivity index (χ3v) is 3.82. The third kappa shape index (κ3) is 3.74. The zero-order chi connectivity index (χ0) is 16.3. The molecule has 118 valence electrons. The molecule has 0 aliphatic rings. The molecule has 2 rings (SSSR count). The molecule has 0 aliphatic carbocycles. The lowest BCUT2D eigenvalue weighted by molar-refractivity contribution is 0.0930. The molecule has 1 atom stereocenters. The molecule has 0 saturated heterocycles. The lowest BCUT2D eigenvalue weighted by Gasteiger charge is -2.15. The highest BCUT2D eigenvalue weighted by Crippen LogP contribution is 2.17. The summed E-state index contributed by atoms with van der Waals surface area (Å²) in [5.74, 6) is -1.46. The molecule has 0 aliphatic heterocycles. The number of hydrogen-bond acceptors (Lipinski definition) is 1. The maximum atomic E-state index is 13.6. The van der Waals surface area contributed by atoms with Gasteiger partial charge in [-0.1, -0.05) is 6.07 Å². The summed E-state index contributed by atoms with van der Waals surface area (Å²) in [6.45, 7) is 4.31. The maximum Gasteiger partial charge on any atom is 0.268 e. The normalized spacial score (nSPS) is 12.2. The lowest BCUT2D eigenvalue weighted by Crippen LogP contribution is -2.35. The summed E-state index contributed by atoms with van der Waals surface area (Å²) in [5, 5.41) is 2.77. The number of rotatable bonds is 5. The van der Waals surface area contributed by atoms with Crippen molar-refractivity contribution in [3.63, 3.8) is 0 Å². The summed E-state index contributed by atoms with van der Waals surface area (Å²) in [6, 6.07) is 5.08. The number of nitrogens with one attached hydrogen (secondary N) is 1. The van der Waals surface area contributed by atoms with E-state index in [-0.39, 0.29) is 17.9 Å². The molecular weight excluding hydrogens is 354 g/mol. The van der Waals surface area contributed by atoms with Crippen LogP contribution in [0.4, 0.5) is 8.78 Å². The molecule has 22 heavy (non-hydrogen) atoms. The molecule has 0 saturated carbocycles. The van der Waals surface area contributed by atoms with E-state index in [0.717, 1.165) is 4.47 Å². The molecule has 2 aromatic rings. The summed E-state index contributed by atoms with van der Waals surface area (Å²) < 4.78 is 29.9. The molecule has 1 aromatic carbocycles. The van der Waals surface area contributed by atoms with Crippen LogP contribution in [-0.4, -0.2) is 16.5 Å². The van der Waals surface area contributed by atoms with Crippen LogP contribution in [0.15, 0.2) is 34.9 Å². The Labute approximate surface area is 136 Å². The first-order valence-corrected chi connectivity index (χ1v) is 7.81. The minimum atomic E-state index is -0.597. The molecule has 6 heteroatoms. The van der Waals surface area contributed by atoms with Gasteiger partial charge >= 0.3 is 0 Å². The number of aromatic nitrogens is 1. The zero-order valence-corrected chi connectivity index (χ0v) is 14.0. The number of halogens is 3. The number of amides is 1. The predicted octanol–water partition coefficient (Wildman–Crippen LogP) is 3.91. The monoisotopic (exact) mass is 370 g/mol. The van der Waals surface area contributed by atoms with E-state index in [1.165, 1.54) is 18.2 Å². The van der Waals surface area contributed by atoms with Crippen molar-refractivity contribution in [1.82, 2.24) is 9.88 Å². The van der Waals surface area contributed by atoms with E-state index >= 15 is 0 Å². The van der Waals surface area contributed by atoms with Crippen LogP contribution in [-0.2, 0) is 13.0 Å². The smallest absolute Gasteiger partial charge is 0.268 e. The van der Waals surface area contributed by atoms with Crippen LogP contribution >= 0.6 is 15.9 Å². The quantitative estimate of drug-likeness (QED) is 0.850. The van der Waals surface area contributed by atoms with Gasteiger partial charge in [0.2, 0.25) is 0 Å². The lowest BCUT2D eigenvalue weighted by atomic mass is 10.1. The number of aryl methyl sites for hydroxylation is 1. The van der Waals surface area contributed by atoms with Crippen LogP contribution in [0.3, 0.4) is 0 Å². The van der Waals surface area contributed by atoms with Gasteiger partial charge in [-0.3, -0.25) is 4.79 Å². The molecule has 0 bridgehead atoms. The first-order chi connectivity index (χ1) is 10.4. The fourth-order valence-corrected chi connectivity index (χ4v) is 2.77. The van der Waals surface area contributed by atoms with E-state index in [1.54, 1.807) is 17.6 Å². The van der Waals surface area contributed by atoms with Crippen molar-refractivity contribution in [3.05, 3.63) is 57.8 Å². The molecule has 1 amide bonds. The van der Waals surface area contributed by atoms with Gasteiger partial charge in [0.15, 0.2) is 0 Å². The number of carbonyl (C=O) groups is 1. The Bertz CT molecular complexity index is 665. The molecule has 1 heterocycles. The minimum absolute atomic E-state index is 0.0117. The summed E-state index contributed by atoms with van der Waals surface area (Å²) in [7, 11) is 0. The molecule has 1 aromatic heterocycles. The average Bonchev–Trinajstić information content (AvgIpc) is 2.84. The average molecular weight is 371 g/mol. The number of nitrogens with zero attached hydrogens (tertiary/aromatic N) is 1. The summed E-state index contributed by atoms with van der Waals surface area (Å²) >= 11 is 3.33. The van der Waals surface area contributed by atoms with Crippen molar-refractivity contribution in [2.75, 3.05) is 0 Å².